The number of rotatable bonds is 2. The second kappa shape index (κ2) is 4.59. The summed E-state index contributed by atoms with van der Waals surface area (Å²) in [6.45, 7) is 6.19. The Balaban J connectivity index is 2.36. The molecule has 1 aliphatic rings. The van der Waals surface area contributed by atoms with Crippen molar-refractivity contribution in [3.8, 4) is 0 Å². The number of carbonyl (C=O) groups is 2. The standard InChI is InChI=1S/C13H18N2O3S/c1-13(2,3)12-14-8(6-19-12)10-7(11(17)18)5-9(16)15(10)4/h6-7,10H,5H2,1-4H3,(H,17,18). The normalized spacial score (nSPS) is 24.0. The Labute approximate surface area is 116 Å². The summed E-state index contributed by atoms with van der Waals surface area (Å²) >= 11 is 1.52. The molecule has 1 aliphatic heterocycles. The van der Waals surface area contributed by atoms with Crippen molar-refractivity contribution in [1.29, 1.82) is 0 Å². The van der Waals surface area contributed by atoms with Crippen LogP contribution in [0.5, 0.6) is 0 Å². The van der Waals surface area contributed by atoms with Crippen LogP contribution in [0.3, 0.4) is 0 Å². The number of carbonyl (C=O) groups excluding carboxylic acids is 1. The summed E-state index contributed by atoms with van der Waals surface area (Å²) in [4.78, 5) is 29.0. The Hall–Kier alpha value is -1.43. The van der Waals surface area contributed by atoms with Gasteiger partial charge in [0.2, 0.25) is 5.91 Å². The molecule has 0 spiro atoms. The van der Waals surface area contributed by atoms with Gasteiger partial charge in [0.15, 0.2) is 0 Å². The third-order valence-electron chi connectivity index (χ3n) is 3.37. The van der Waals surface area contributed by atoms with Gasteiger partial charge in [-0.3, -0.25) is 9.59 Å². The van der Waals surface area contributed by atoms with Crippen LogP contribution >= 0.6 is 11.3 Å². The number of nitrogens with zero attached hydrogens (tertiary/aromatic N) is 2. The molecule has 0 radical (unpaired) electrons. The van der Waals surface area contributed by atoms with Gasteiger partial charge in [0, 0.05) is 24.3 Å². The van der Waals surface area contributed by atoms with Crippen molar-refractivity contribution < 1.29 is 14.7 Å². The predicted octanol–water partition coefficient (Wildman–Crippen LogP) is 2.04. The molecule has 2 rings (SSSR count). The monoisotopic (exact) mass is 282 g/mol. The van der Waals surface area contributed by atoms with Gasteiger partial charge in [-0.1, -0.05) is 20.8 Å². The van der Waals surface area contributed by atoms with Crippen LogP contribution in [0.15, 0.2) is 5.38 Å². The smallest absolute Gasteiger partial charge is 0.309 e. The molecule has 2 unspecified atom stereocenters. The highest BCUT2D eigenvalue weighted by Gasteiger charge is 2.44. The molecule has 1 fully saturated rings. The molecule has 104 valence electrons. The number of aliphatic carboxylic acids is 1. The van der Waals surface area contributed by atoms with E-state index < -0.39 is 17.9 Å². The predicted molar refractivity (Wildman–Crippen MR) is 72.1 cm³/mol. The maximum atomic E-state index is 11.7. The molecular formula is C13H18N2O3S. The molecule has 2 atom stereocenters. The first-order valence-corrected chi connectivity index (χ1v) is 7.04. The topological polar surface area (TPSA) is 70.5 Å². The number of hydrogen-bond acceptors (Lipinski definition) is 4. The lowest BCUT2D eigenvalue weighted by molar-refractivity contribution is -0.142. The fourth-order valence-electron chi connectivity index (χ4n) is 2.26. The summed E-state index contributed by atoms with van der Waals surface area (Å²) in [7, 11) is 1.64. The van der Waals surface area contributed by atoms with Crippen molar-refractivity contribution in [2.75, 3.05) is 7.05 Å². The first-order valence-electron chi connectivity index (χ1n) is 6.16. The maximum absolute atomic E-state index is 11.7. The fourth-order valence-corrected chi connectivity index (χ4v) is 3.20. The molecular weight excluding hydrogens is 264 g/mol. The minimum atomic E-state index is -0.937. The molecule has 1 amide bonds. The van der Waals surface area contributed by atoms with E-state index in [1.165, 1.54) is 16.2 Å². The zero-order valence-corrected chi connectivity index (χ0v) is 12.3. The van der Waals surface area contributed by atoms with Crippen molar-refractivity contribution >= 4 is 23.2 Å². The number of carboxylic acid groups (broad SMARTS) is 1. The fraction of sp³-hybridized carbons (Fsp3) is 0.615. The van der Waals surface area contributed by atoms with E-state index in [1.54, 1.807) is 7.05 Å². The van der Waals surface area contributed by atoms with Crippen LogP contribution in [0.25, 0.3) is 0 Å². The van der Waals surface area contributed by atoms with Crippen molar-refractivity contribution in [2.45, 2.75) is 38.6 Å². The minimum absolute atomic E-state index is 0.0544. The second-order valence-corrected chi connectivity index (χ2v) is 6.78. The number of likely N-dealkylation sites (tertiary alicyclic amines) is 1. The number of aromatic nitrogens is 1. The lowest BCUT2D eigenvalue weighted by atomic mass is 9.96. The molecule has 1 N–H and O–H groups in total. The van der Waals surface area contributed by atoms with Crippen LogP contribution in [0.2, 0.25) is 0 Å². The van der Waals surface area contributed by atoms with Crippen molar-refractivity contribution in [1.82, 2.24) is 9.88 Å². The van der Waals surface area contributed by atoms with Gasteiger partial charge in [0.25, 0.3) is 0 Å². The summed E-state index contributed by atoms with van der Waals surface area (Å²) in [6, 6.07) is -0.447. The van der Waals surface area contributed by atoms with E-state index in [1.807, 2.05) is 5.38 Å². The lowest BCUT2D eigenvalue weighted by Crippen LogP contribution is -2.27. The van der Waals surface area contributed by atoms with Gasteiger partial charge in [0.05, 0.1) is 22.7 Å². The first-order chi connectivity index (χ1) is 8.71. The first kappa shape index (κ1) is 14.0. The molecule has 0 bridgehead atoms. The van der Waals surface area contributed by atoms with E-state index in [-0.39, 0.29) is 17.7 Å². The highest BCUT2D eigenvalue weighted by Crippen LogP contribution is 2.38. The SMILES string of the molecule is CN1C(=O)CC(C(=O)O)C1c1csc(C(C)(C)C)n1. The molecule has 5 nitrogen and oxygen atoms in total. The molecule has 0 aromatic carbocycles. The minimum Gasteiger partial charge on any atom is -0.481 e. The van der Waals surface area contributed by atoms with Gasteiger partial charge in [-0.15, -0.1) is 11.3 Å². The van der Waals surface area contributed by atoms with E-state index in [4.69, 9.17) is 0 Å². The van der Waals surface area contributed by atoms with Crippen molar-refractivity contribution in [3.63, 3.8) is 0 Å². The summed E-state index contributed by atoms with van der Waals surface area (Å²) in [5.41, 5.74) is 0.624. The van der Waals surface area contributed by atoms with Crippen LogP contribution in [0.1, 0.15) is 43.9 Å². The average Bonchev–Trinajstić information content (AvgIpc) is 2.84. The third-order valence-corrected chi connectivity index (χ3v) is 4.66. The van der Waals surface area contributed by atoms with Crippen LogP contribution in [0, 0.1) is 5.92 Å². The average molecular weight is 282 g/mol. The zero-order chi connectivity index (χ0) is 14.4. The van der Waals surface area contributed by atoms with Crippen LogP contribution < -0.4 is 0 Å². The Morgan fingerprint density at radius 1 is 1.53 bits per heavy atom. The van der Waals surface area contributed by atoms with Gasteiger partial charge in [-0.05, 0) is 0 Å². The van der Waals surface area contributed by atoms with Crippen LogP contribution in [0.4, 0.5) is 0 Å². The number of hydrogen-bond donors (Lipinski definition) is 1. The highest BCUT2D eigenvalue weighted by molar-refractivity contribution is 7.09. The van der Waals surface area contributed by atoms with Gasteiger partial charge < -0.3 is 10.0 Å². The summed E-state index contributed by atoms with van der Waals surface area (Å²) < 4.78 is 0. The molecule has 0 saturated carbocycles. The van der Waals surface area contributed by atoms with Crippen LogP contribution in [-0.4, -0.2) is 33.9 Å². The summed E-state index contributed by atoms with van der Waals surface area (Å²) in [6.07, 6.45) is 0.0544. The second-order valence-electron chi connectivity index (χ2n) is 5.93. The van der Waals surface area contributed by atoms with Gasteiger partial charge in [-0.2, -0.15) is 0 Å². The molecule has 0 aliphatic carbocycles. The van der Waals surface area contributed by atoms with Crippen molar-refractivity contribution in [2.24, 2.45) is 5.92 Å². The number of thiazole rings is 1. The van der Waals surface area contributed by atoms with E-state index in [0.717, 1.165) is 5.01 Å². The highest BCUT2D eigenvalue weighted by atomic mass is 32.1. The lowest BCUT2D eigenvalue weighted by Gasteiger charge is -2.21. The third kappa shape index (κ3) is 2.49. The van der Waals surface area contributed by atoms with E-state index in [0.29, 0.717) is 5.69 Å². The van der Waals surface area contributed by atoms with Crippen LogP contribution in [-0.2, 0) is 15.0 Å². The molecule has 1 aromatic rings. The molecule has 1 aromatic heterocycles. The molecule has 1 saturated heterocycles. The van der Waals surface area contributed by atoms with E-state index in [2.05, 4.69) is 25.8 Å². The van der Waals surface area contributed by atoms with E-state index in [9.17, 15) is 14.7 Å². The van der Waals surface area contributed by atoms with Crippen molar-refractivity contribution in [3.05, 3.63) is 16.1 Å². The van der Waals surface area contributed by atoms with Gasteiger partial charge in [0.1, 0.15) is 0 Å². The molecule has 19 heavy (non-hydrogen) atoms. The molecule has 2 heterocycles. The Bertz CT molecular complexity index is 518. The van der Waals surface area contributed by atoms with E-state index >= 15 is 0 Å². The van der Waals surface area contributed by atoms with Gasteiger partial charge >= 0.3 is 5.97 Å². The Morgan fingerprint density at radius 3 is 2.63 bits per heavy atom. The Morgan fingerprint density at radius 2 is 2.16 bits per heavy atom. The maximum Gasteiger partial charge on any atom is 0.309 e. The largest absolute Gasteiger partial charge is 0.481 e. The summed E-state index contributed by atoms with van der Waals surface area (Å²) in [5, 5.41) is 12.1. The molecule has 6 heteroatoms. The zero-order valence-electron chi connectivity index (χ0n) is 11.5. The Kier molecular flexibility index (Phi) is 3.38. The van der Waals surface area contributed by atoms with Gasteiger partial charge in [-0.25, -0.2) is 4.98 Å². The number of amides is 1. The quantitative estimate of drug-likeness (QED) is 0.901. The summed E-state index contributed by atoms with van der Waals surface area (Å²) in [5.74, 6) is -1.77. The number of carboxylic acids is 1.